The molecule has 2 N–H and O–H groups in total. The second kappa shape index (κ2) is 6.73. The number of nitrogens with zero attached hydrogens (tertiary/aromatic N) is 1. The van der Waals surface area contributed by atoms with Crippen molar-refractivity contribution in [2.45, 2.75) is 33.4 Å². The summed E-state index contributed by atoms with van der Waals surface area (Å²) < 4.78 is 0. The molecular weight excluding hydrogens is 234 g/mol. The zero-order valence-corrected chi connectivity index (χ0v) is 12.2. The first kappa shape index (κ1) is 14.1. The number of hydrogen-bond donors (Lipinski definition) is 2. The van der Waals surface area contributed by atoms with E-state index in [1.54, 1.807) is 0 Å². The molecule has 0 radical (unpaired) electrons. The summed E-state index contributed by atoms with van der Waals surface area (Å²) in [5.41, 5.74) is 2.55. The standard InChI is InChI=1S/C16H25N3/c1-4-19(5-2)12-13(3)18-11-14-6-7-15-8-9-17-16(15)10-14/h6-10,13,17-18H,4-5,11-12H2,1-3H3. The molecule has 3 heteroatoms. The third-order valence-electron chi connectivity index (χ3n) is 3.70. The average Bonchev–Trinajstić information content (AvgIpc) is 2.89. The summed E-state index contributed by atoms with van der Waals surface area (Å²) in [6.45, 7) is 11.0. The Kier molecular flexibility index (Phi) is 5.00. The van der Waals surface area contributed by atoms with Crippen LogP contribution in [0.2, 0.25) is 0 Å². The summed E-state index contributed by atoms with van der Waals surface area (Å²) in [5, 5.41) is 4.88. The van der Waals surface area contributed by atoms with E-state index in [0.717, 1.165) is 26.2 Å². The maximum atomic E-state index is 3.60. The van der Waals surface area contributed by atoms with Crippen molar-refractivity contribution in [1.82, 2.24) is 15.2 Å². The monoisotopic (exact) mass is 259 g/mol. The summed E-state index contributed by atoms with van der Waals surface area (Å²) in [6, 6.07) is 9.23. The molecule has 1 aromatic carbocycles. The van der Waals surface area contributed by atoms with Crippen LogP contribution in [0.15, 0.2) is 30.5 Å². The number of aromatic amines is 1. The molecule has 0 aliphatic heterocycles. The van der Waals surface area contributed by atoms with E-state index in [0.29, 0.717) is 6.04 Å². The molecule has 0 bridgehead atoms. The molecule has 0 fully saturated rings. The van der Waals surface area contributed by atoms with Gasteiger partial charge >= 0.3 is 0 Å². The number of benzene rings is 1. The van der Waals surface area contributed by atoms with Gasteiger partial charge < -0.3 is 15.2 Å². The highest BCUT2D eigenvalue weighted by molar-refractivity contribution is 5.79. The summed E-state index contributed by atoms with van der Waals surface area (Å²) >= 11 is 0. The van der Waals surface area contributed by atoms with Gasteiger partial charge in [-0.25, -0.2) is 0 Å². The smallest absolute Gasteiger partial charge is 0.0457 e. The van der Waals surface area contributed by atoms with Gasteiger partial charge in [-0.2, -0.15) is 0 Å². The van der Waals surface area contributed by atoms with Crippen molar-refractivity contribution < 1.29 is 0 Å². The number of nitrogens with one attached hydrogen (secondary N) is 2. The molecule has 1 aromatic heterocycles. The fourth-order valence-electron chi connectivity index (χ4n) is 2.43. The van der Waals surface area contributed by atoms with Crippen molar-refractivity contribution >= 4 is 10.9 Å². The predicted molar refractivity (Wildman–Crippen MR) is 82.4 cm³/mol. The maximum absolute atomic E-state index is 3.60. The summed E-state index contributed by atoms with van der Waals surface area (Å²) in [4.78, 5) is 5.71. The lowest BCUT2D eigenvalue weighted by atomic mass is 10.1. The van der Waals surface area contributed by atoms with Gasteiger partial charge in [-0.1, -0.05) is 26.0 Å². The van der Waals surface area contributed by atoms with Gasteiger partial charge in [-0.3, -0.25) is 0 Å². The molecule has 0 saturated carbocycles. The number of likely N-dealkylation sites (N-methyl/N-ethyl adjacent to an activating group) is 1. The third-order valence-corrected chi connectivity index (χ3v) is 3.70. The van der Waals surface area contributed by atoms with Crippen molar-refractivity contribution in [3.63, 3.8) is 0 Å². The van der Waals surface area contributed by atoms with E-state index < -0.39 is 0 Å². The first-order valence-electron chi connectivity index (χ1n) is 7.24. The number of aromatic nitrogens is 1. The van der Waals surface area contributed by atoms with E-state index in [-0.39, 0.29) is 0 Å². The minimum atomic E-state index is 0.513. The molecule has 3 nitrogen and oxygen atoms in total. The fourth-order valence-corrected chi connectivity index (χ4v) is 2.43. The minimum absolute atomic E-state index is 0.513. The summed E-state index contributed by atoms with van der Waals surface area (Å²) in [7, 11) is 0. The van der Waals surface area contributed by atoms with Crippen LogP contribution in [0.1, 0.15) is 26.3 Å². The second-order valence-corrected chi connectivity index (χ2v) is 5.17. The Hall–Kier alpha value is -1.32. The van der Waals surface area contributed by atoms with E-state index in [2.05, 4.69) is 60.2 Å². The molecule has 0 amide bonds. The van der Waals surface area contributed by atoms with E-state index in [1.165, 1.54) is 16.5 Å². The molecule has 0 aliphatic carbocycles. The van der Waals surface area contributed by atoms with Crippen LogP contribution >= 0.6 is 0 Å². The lowest BCUT2D eigenvalue weighted by Gasteiger charge is -2.23. The van der Waals surface area contributed by atoms with E-state index in [9.17, 15) is 0 Å². The normalized spacial score (nSPS) is 13.3. The predicted octanol–water partition coefficient (Wildman–Crippen LogP) is 2.99. The lowest BCUT2D eigenvalue weighted by Crippen LogP contribution is -2.38. The van der Waals surface area contributed by atoms with E-state index >= 15 is 0 Å². The molecule has 1 atom stereocenters. The quantitative estimate of drug-likeness (QED) is 0.801. The molecule has 0 aliphatic rings. The fraction of sp³-hybridized carbons (Fsp3) is 0.500. The van der Waals surface area contributed by atoms with Gasteiger partial charge in [-0.05, 0) is 43.1 Å². The topological polar surface area (TPSA) is 31.1 Å². The van der Waals surface area contributed by atoms with Crippen molar-refractivity contribution in [1.29, 1.82) is 0 Å². The van der Waals surface area contributed by atoms with Gasteiger partial charge in [0.25, 0.3) is 0 Å². The maximum Gasteiger partial charge on any atom is 0.0457 e. The Balaban J connectivity index is 1.87. The van der Waals surface area contributed by atoms with Crippen LogP contribution in [-0.4, -0.2) is 35.6 Å². The van der Waals surface area contributed by atoms with Crippen molar-refractivity contribution in [3.05, 3.63) is 36.0 Å². The molecular formula is C16H25N3. The van der Waals surface area contributed by atoms with Crippen LogP contribution in [0.3, 0.4) is 0 Å². The number of hydrogen-bond acceptors (Lipinski definition) is 2. The first-order chi connectivity index (χ1) is 9.22. The van der Waals surface area contributed by atoms with Crippen LogP contribution in [-0.2, 0) is 6.54 Å². The average molecular weight is 259 g/mol. The SMILES string of the molecule is CCN(CC)CC(C)NCc1ccc2cc[nH]c2c1. The largest absolute Gasteiger partial charge is 0.361 e. The highest BCUT2D eigenvalue weighted by Crippen LogP contribution is 2.14. The third kappa shape index (κ3) is 3.82. The Morgan fingerprint density at radius 2 is 2.00 bits per heavy atom. The molecule has 1 unspecified atom stereocenters. The highest BCUT2D eigenvalue weighted by atomic mass is 15.1. The number of H-pyrrole nitrogens is 1. The van der Waals surface area contributed by atoms with Crippen LogP contribution in [0.5, 0.6) is 0 Å². The van der Waals surface area contributed by atoms with E-state index in [1.807, 2.05) is 6.20 Å². The summed E-state index contributed by atoms with van der Waals surface area (Å²) in [5.74, 6) is 0. The van der Waals surface area contributed by atoms with Crippen LogP contribution in [0.4, 0.5) is 0 Å². The Bertz CT molecular complexity index is 499. The van der Waals surface area contributed by atoms with Crippen LogP contribution in [0, 0.1) is 0 Å². The first-order valence-corrected chi connectivity index (χ1v) is 7.24. The second-order valence-electron chi connectivity index (χ2n) is 5.17. The van der Waals surface area contributed by atoms with E-state index in [4.69, 9.17) is 0 Å². The minimum Gasteiger partial charge on any atom is -0.361 e. The zero-order chi connectivity index (χ0) is 13.7. The van der Waals surface area contributed by atoms with Gasteiger partial charge in [0.2, 0.25) is 0 Å². The Morgan fingerprint density at radius 3 is 2.74 bits per heavy atom. The van der Waals surface area contributed by atoms with Gasteiger partial charge in [-0.15, -0.1) is 0 Å². The van der Waals surface area contributed by atoms with Gasteiger partial charge in [0.05, 0.1) is 0 Å². The molecule has 0 saturated heterocycles. The molecule has 1 heterocycles. The molecule has 2 rings (SSSR count). The highest BCUT2D eigenvalue weighted by Gasteiger charge is 2.06. The molecule has 19 heavy (non-hydrogen) atoms. The summed E-state index contributed by atoms with van der Waals surface area (Å²) in [6.07, 6.45) is 1.99. The van der Waals surface area contributed by atoms with Crippen molar-refractivity contribution in [3.8, 4) is 0 Å². The molecule has 104 valence electrons. The van der Waals surface area contributed by atoms with Gasteiger partial charge in [0.1, 0.15) is 0 Å². The lowest BCUT2D eigenvalue weighted by molar-refractivity contribution is 0.270. The van der Waals surface area contributed by atoms with Gasteiger partial charge in [0, 0.05) is 30.8 Å². The van der Waals surface area contributed by atoms with Crippen molar-refractivity contribution in [2.75, 3.05) is 19.6 Å². The Labute approximate surface area is 116 Å². The number of fused-ring (bicyclic) bond motifs is 1. The molecule has 2 aromatic rings. The number of rotatable bonds is 7. The Morgan fingerprint density at radius 1 is 1.21 bits per heavy atom. The zero-order valence-electron chi connectivity index (χ0n) is 12.2. The van der Waals surface area contributed by atoms with Crippen LogP contribution in [0.25, 0.3) is 10.9 Å². The van der Waals surface area contributed by atoms with Crippen LogP contribution < -0.4 is 5.32 Å². The van der Waals surface area contributed by atoms with Gasteiger partial charge in [0.15, 0.2) is 0 Å². The molecule has 0 spiro atoms. The van der Waals surface area contributed by atoms with Crippen molar-refractivity contribution in [2.24, 2.45) is 0 Å².